The van der Waals surface area contributed by atoms with Crippen LogP contribution in [0.2, 0.25) is 5.15 Å². The molecule has 10 heteroatoms. The van der Waals surface area contributed by atoms with Gasteiger partial charge in [-0.1, -0.05) is 11.6 Å². The zero-order valence-corrected chi connectivity index (χ0v) is 20.7. The van der Waals surface area contributed by atoms with E-state index >= 15 is 0 Å². The van der Waals surface area contributed by atoms with Gasteiger partial charge in [0.05, 0.1) is 23.3 Å². The van der Waals surface area contributed by atoms with Crippen LogP contribution in [0.15, 0.2) is 24.3 Å². The van der Waals surface area contributed by atoms with Gasteiger partial charge < -0.3 is 13.7 Å². The van der Waals surface area contributed by atoms with Crippen molar-refractivity contribution in [3.8, 4) is 17.1 Å². The zero-order chi connectivity index (χ0) is 23.6. The molecule has 8 nitrogen and oxygen atoms in total. The number of aromatic nitrogens is 4. The van der Waals surface area contributed by atoms with Gasteiger partial charge >= 0.3 is 5.97 Å². The predicted molar refractivity (Wildman–Crippen MR) is 128 cm³/mol. The molecular formula is C23H27ClN4O4S. The van der Waals surface area contributed by atoms with Gasteiger partial charge in [-0.05, 0) is 58.2 Å². The van der Waals surface area contributed by atoms with E-state index in [1.807, 2.05) is 22.9 Å². The SMILES string of the molecule is CC(=O)OCc1nc(Cl)cc(-c2nn(C3CCCCO3)c3ccc(OSC(C)(C)C)cc23)n1. The van der Waals surface area contributed by atoms with Crippen molar-refractivity contribution in [1.29, 1.82) is 0 Å². The van der Waals surface area contributed by atoms with Crippen molar-refractivity contribution >= 4 is 40.5 Å². The Morgan fingerprint density at radius 3 is 2.79 bits per heavy atom. The highest BCUT2D eigenvalue weighted by molar-refractivity contribution is 7.96. The molecule has 1 atom stereocenters. The molecule has 176 valence electrons. The molecule has 0 spiro atoms. The molecule has 0 radical (unpaired) electrons. The van der Waals surface area contributed by atoms with E-state index in [1.165, 1.54) is 19.0 Å². The lowest BCUT2D eigenvalue weighted by Gasteiger charge is -2.23. The number of rotatable bonds is 6. The summed E-state index contributed by atoms with van der Waals surface area (Å²) in [7, 11) is 0. The fourth-order valence-corrected chi connectivity index (χ4v) is 4.14. The summed E-state index contributed by atoms with van der Waals surface area (Å²) in [6, 6.07) is 7.54. The minimum atomic E-state index is -0.414. The zero-order valence-electron chi connectivity index (χ0n) is 19.1. The Kier molecular flexibility index (Phi) is 7.11. The summed E-state index contributed by atoms with van der Waals surface area (Å²) in [5.74, 6) is 0.607. The van der Waals surface area contributed by atoms with E-state index in [0.717, 1.165) is 30.2 Å². The first-order valence-corrected chi connectivity index (χ1v) is 12.0. The average Bonchev–Trinajstić information content (AvgIpc) is 3.15. The van der Waals surface area contributed by atoms with Crippen LogP contribution in [0.5, 0.6) is 5.75 Å². The topological polar surface area (TPSA) is 88.4 Å². The van der Waals surface area contributed by atoms with Crippen molar-refractivity contribution in [2.45, 2.75) is 64.5 Å². The first-order chi connectivity index (χ1) is 15.7. The smallest absolute Gasteiger partial charge is 0.303 e. The average molecular weight is 491 g/mol. The first kappa shape index (κ1) is 23.8. The maximum atomic E-state index is 11.2. The fraction of sp³-hybridized carbons (Fsp3) is 0.478. The highest BCUT2D eigenvalue weighted by Crippen LogP contribution is 2.36. The van der Waals surface area contributed by atoms with Gasteiger partial charge in [0.15, 0.2) is 18.7 Å². The summed E-state index contributed by atoms with van der Waals surface area (Å²) >= 11 is 7.67. The highest BCUT2D eigenvalue weighted by Gasteiger charge is 2.24. The molecule has 4 rings (SSSR count). The molecule has 33 heavy (non-hydrogen) atoms. The van der Waals surface area contributed by atoms with Gasteiger partial charge in [-0.3, -0.25) is 4.79 Å². The second-order valence-electron chi connectivity index (χ2n) is 8.84. The number of halogens is 1. The van der Waals surface area contributed by atoms with Crippen molar-refractivity contribution in [2.24, 2.45) is 0 Å². The van der Waals surface area contributed by atoms with E-state index in [-0.39, 0.29) is 22.7 Å². The molecular weight excluding hydrogens is 464 g/mol. The third-order valence-corrected chi connectivity index (χ3v) is 5.85. The summed E-state index contributed by atoms with van der Waals surface area (Å²) in [4.78, 5) is 20.0. The standard InChI is InChI=1S/C23H27ClN4O4S/c1-14(29)31-13-20-25-17(12-19(24)26-20)22-16-11-15(32-33-23(2,3)4)8-9-18(16)28(27-22)21-7-5-6-10-30-21/h8-9,11-12,21H,5-7,10,13H2,1-4H3. The lowest BCUT2D eigenvalue weighted by Crippen LogP contribution is -2.19. The van der Waals surface area contributed by atoms with Crippen LogP contribution < -0.4 is 4.18 Å². The number of carbonyl (C=O) groups is 1. The number of ether oxygens (including phenoxy) is 2. The van der Waals surface area contributed by atoms with Crippen molar-refractivity contribution in [1.82, 2.24) is 19.7 Å². The largest absolute Gasteiger partial charge is 0.458 e. The van der Waals surface area contributed by atoms with Gasteiger partial charge in [-0.2, -0.15) is 5.10 Å². The monoisotopic (exact) mass is 490 g/mol. The molecule has 1 aliphatic heterocycles. The van der Waals surface area contributed by atoms with Crippen LogP contribution in [0.25, 0.3) is 22.3 Å². The Hall–Kier alpha value is -2.36. The second-order valence-corrected chi connectivity index (χ2v) is 10.8. The van der Waals surface area contributed by atoms with Crippen molar-refractivity contribution < 1.29 is 18.5 Å². The lowest BCUT2D eigenvalue weighted by atomic mass is 10.1. The van der Waals surface area contributed by atoms with Gasteiger partial charge in [-0.15, -0.1) is 0 Å². The van der Waals surface area contributed by atoms with E-state index in [1.54, 1.807) is 6.07 Å². The fourth-order valence-electron chi connectivity index (χ4n) is 3.49. The van der Waals surface area contributed by atoms with Crippen LogP contribution >= 0.6 is 23.6 Å². The Balaban J connectivity index is 1.79. The van der Waals surface area contributed by atoms with Gasteiger partial charge in [0.1, 0.15) is 16.6 Å². The van der Waals surface area contributed by atoms with Gasteiger partial charge in [0.2, 0.25) is 0 Å². The van der Waals surface area contributed by atoms with Crippen LogP contribution in [0, 0.1) is 0 Å². The van der Waals surface area contributed by atoms with E-state index in [2.05, 4.69) is 30.7 Å². The molecule has 0 N–H and O–H groups in total. The Bertz CT molecular complexity index is 1160. The van der Waals surface area contributed by atoms with Crippen LogP contribution in [0.3, 0.4) is 0 Å². The van der Waals surface area contributed by atoms with Crippen LogP contribution in [-0.2, 0) is 20.9 Å². The predicted octanol–water partition coefficient (Wildman–Crippen LogP) is 5.73. The summed E-state index contributed by atoms with van der Waals surface area (Å²) < 4.78 is 18.9. The van der Waals surface area contributed by atoms with Crippen LogP contribution in [-0.4, -0.2) is 37.1 Å². The molecule has 3 heterocycles. The molecule has 1 aromatic carbocycles. The van der Waals surface area contributed by atoms with Gasteiger partial charge in [0, 0.05) is 29.7 Å². The normalized spacial score (nSPS) is 16.7. The van der Waals surface area contributed by atoms with E-state index in [4.69, 9.17) is 30.4 Å². The number of carbonyl (C=O) groups excluding carboxylic acids is 1. The second kappa shape index (κ2) is 9.87. The van der Waals surface area contributed by atoms with Gasteiger partial charge in [0.25, 0.3) is 0 Å². The van der Waals surface area contributed by atoms with Crippen molar-refractivity contribution in [3.63, 3.8) is 0 Å². The van der Waals surface area contributed by atoms with Crippen molar-refractivity contribution in [3.05, 3.63) is 35.2 Å². The molecule has 2 aromatic heterocycles. The maximum absolute atomic E-state index is 11.2. The van der Waals surface area contributed by atoms with E-state index < -0.39 is 5.97 Å². The van der Waals surface area contributed by atoms with Crippen LogP contribution in [0.4, 0.5) is 0 Å². The van der Waals surface area contributed by atoms with Crippen LogP contribution in [0.1, 0.15) is 59.0 Å². The van der Waals surface area contributed by atoms with E-state index in [0.29, 0.717) is 29.6 Å². The summed E-state index contributed by atoms with van der Waals surface area (Å²) in [5.41, 5.74) is 2.09. The molecule has 1 saturated heterocycles. The molecule has 0 saturated carbocycles. The minimum absolute atomic E-state index is 0.0519. The molecule has 3 aromatic rings. The molecule has 0 aliphatic carbocycles. The van der Waals surface area contributed by atoms with Gasteiger partial charge in [-0.25, -0.2) is 14.6 Å². The van der Waals surface area contributed by atoms with E-state index in [9.17, 15) is 4.79 Å². The number of benzene rings is 1. The number of nitrogens with zero attached hydrogens (tertiary/aromatic N) is 4. The number of esters is 1. The number of hydrogen-bond acceptors (Lipinski definition) is 8. The molecule has 0 amide bonds. The lowest BCUT2D eigenvalue weighted by molar-refractivity contribution is -0.142. The third kappa shape index (κ3) is 5.96. The minimum Gasteiger partial charge on any atom is -0.458 e. The molecule has 1 fully saturated rings. The third-order valence-electron chi connectivity index (χ3n) is 4.88. The molecule has 0 bridgehead atoms. The Labute approximate surface area is 202 Å². The first-order valence-electron chi connectivity index (χ1n) is 10.9. The highest BCUT2D eigenvalue weighted by atomic mass is 35.5. The van der Waals surface area contributed by atoms with Crippen molar-refractivity contribution in [2.75, 3.05) is 6.61 Å². The number of hydrogen-bond donors (Lipinski definition) is 0. The summed E-state index contributed by atoms with van der Waals surface area (Å²) in [5, 5.41) is 5.99. The Morgan fingerprint density at radius 1 is 1.27 bits per heavy atom. The molecule has 1 unspecified atom stereocenters. The molecule has 1 aliphatic rings. The Morgan fingerprint density at radius 2 is 2.09 bits per heavy atom. The maximum Gasteiger partial charge on any atom is 0.303 e. The summed E-state index contributed by atoms with van der Waals surface area (Å²) in [6.07, 6.45) is 2.86. The summed E-state index contributed by atoms with van der Waals surface area (Å²) in [6.45, 7) is 8.25. The number of fused-ring (bicyclic) bond motifs is 1. The quantitative estimate of drug-likeness (QED) is 0.246.